The first kappa shape index (κ1) is 16.5. The van der Waals surface area contributed by atoms with Crippen LogP contribution in [0.15, 0.2) is 54.6 Å². The van der Waals surface area contributed by atoms with Gasteiger partial charge in [-0.2, -0.15) is 0 Å². The van der Waals surface area contributed by atoms with Gasteiger partial charge in [0.15, 0.2) is 0 Å². The number of benzene rings is 2. The van der Waals surface area contributed by atoms with Crippen molar-refractivity contribution in [3.63, 3.8) is 0 Å². The van der Waals surface area contributed by atoms with Crippen molar-refractivity contribution in [3.8, 4) is 5.75 Å². The first-order chi connectivity index (χ1) is 10.6. The van der Waals surface area contributed by atoms with Crippen LogP contribution in [0.25, 0.3) is 0 Å². The van der Waals surface area contributed by atoms with Gasteiger partial charge in [-0.25, -0.2) is 0 Å². The fourth-order valence-electron chi connectivity index (χ4n) is 2.34. The zero-order valence-corrected chi connectivity index (χ0v) is 13.3. The summed E-state index contributed by atoms with van der Waals surface area (Å²) in [6.07, 6.45) is 0.435. The van der Waals surface area contributed by atoms with E-state index >= 15 is 0 Å². The summed E-state index contributed by atoms with van der Waals surface area (Å²) in [4.78, 5) is 0. The summed E-state index contributed by atoms with van der Waals surface area (Å²) in [5.74, 6) is 0.832. The lowest BCUT2D eigenvalue weighted by Crippen LogP contribution is -2.37. The van der Waals surface area contributed by atoms with Crippen LogP contribution in [0.2, 0.25) is 0 Å². The van der Waals surface area contributed by atoms with Crippen LogP contribution in [0.4, 0.5) is 0 Å². The summed E-state index contributed by atoms with van der Waals surface area (Å²) in [6, 6.07) is 18.5. The summed E-state index contributed by atoms with van der Waals surface area (Å²) in [6.45, 7) is 4.96. The Hall–Kier alpha value is -1.84. The molecule has 0 fully saturated rings. The van der Waals surface area contributed by atoms with E-state index in [2.05, 4.69) is 24.4 Å². The lowest BCUT2D eigenvalue weighted by molar-refractivity contribution is 0.104. The molecule has 0 saturated carbocycles. The second kappa shape index (κ2) is 8.57. The highest BCUT2D eigenvalue weighted by Crippen LogP contribution is 2.16. The van der Waals surface area contributed by atoms with Gasteiger partial charge in [0.25, 0.3) is 0 Å². The van der Waals surface area contributed by atoms with E-state index in [4.69, 9.17) is 4.74 Å². The highest BCUT2D eigenvalue weighted by Gasteiger charge is 2.09. The minimum absolute atomic E-state index is 0.301. The van der Waals surface area contributed by atoms with Crippen molar-refractivity contribution in [3.05, 3.63) is 65.7 Å². The van der Waals surface area contributed by atoms with Gasteiger partial charge in [-0.1, -0.05) is 48.5 Å². The fraction of sp³-hybridized carbons (Fsp3) is 0.368. The third kappa shape index (κ3) is 5.51. The van der Waals surface area contributed by atoms with E-state index in [9.17, 15) is 5.11 Å². The molecule has 0 bridgehead atoms. The second-order valence-corrected chi connectivity index (χ2v) is 5.73. The minimum atomic E-state index is -0.516. The summed E-state index contributed by atoms with van der Waals surface area (Å²) >= 11 is 0. The zero-order valence-electron chi connectivity index (χ0n) is 13.3. The Morgan fingerprint density at radius 2 is 1.73 bits per heavy atom. The molecule has 0 aliphatic heterocycles. The van der Waals surface area contributed by atoms with Gasteiger partial charge in [-0.3, -0.25) is 0 Å². The third-order valence-electron chi connectivity index (χ3n) is 3.61. The average molecular weight is 299 g/mol. The quantitative estimate of drug-likeness (QED) is 0.787. The Kier molecular flexibility index (Phi) is 6.44. The Balaban J connectivity index is 1.69. The van der Waals surface area contributed by atoms with Crippen LogP contribution in [0.1, 0.15) is 18.1 Å². The maximum Gasteiger partial charge on any atom is 0.122 e. The standard InChI is InChI=1S/C19H25NO2/c1-15-8-6-7-11-19(15)22-14-18(21)13-20-16(2)12-17-9-4-3-5-10-17/h3-11,16,18,20-21H,12-14H2,1-2H3/t16-,18+/m1/s1. The average Bonchev–Trinajstić information content (AvgIpc) is 2.53. The minimum Gasteiger partial charge on any atom is -0.491 e. The van der Waals surface area contributed by atoms with Crippen molar-refractivity contribution in [1.29, 1.82) is 0 Å². The van der Waals surface area contributed by atoms with E-state index in [1.807, 2.05) is 49.4 Å². The number of aliphatic hydroxyl groups excluding tert-OH is 1. The number of para-hydroxylation sites is 1. The number of hydrogen-bond donors (Lipinski definition) is 2. The number of ether oxygens (including phenoxy) is 1. The summed E-state index contributed by atoms with van der Waals surface area (Å²) in [7, 11) is 0. The van der Waals surface area contributed by atoms with Crippen LogP contribution in [-0.4, -0.2) is 30.4 Å². The van der Waals surface area contributed by atoms with Gasteiger partial charge in [0, 0.05) is 12.6 Å². The van der Waals surface area contributed by atoms with Crippen molar-refractivity contribution < 1.29 is 9.84 Å². The largest absolute Gasteiger partial charge is 0.491 e. The number of aryl methyl sites for hydroxylation is 1. The van der Waals surface area contributed by atoms with Crippen molar-refractivity contribution in [2.45, 2.75) is 32.4 Å². The molecule has 0 heterocycles. The fourth-order valence-corrected chi connectivity index (χ4v) is 2.34. The van der Waals surface area contributed by atoms with Crippen LogP contribution in [0.3, 0.4) is 0 Å². The molecular formula is C19H25NO2. The highest BCUT2D eigenvalue weighted by molar-refractivity contribution is 5.31. The van der Waals surface area contributed by atoms with Crippen molar-refractivity contribution >= 4 is 0 Å². The highest BCUT2D eigenvalue weighted by atomic mass is 16.5. The van der Waals surface area contributed by atoms with E-state index in [1.165, 1.54) is 5.56 Å². The topological polar surface area (TPSA) is 41.5 Å². The molecular weight excluding hydrogens is 274 g/mol. The number of rotatable bonds is 8. The molecule has 3 nitrogen and oxygen atoms in total. The van der Waals surface area contributed by atoms with Crippen molar-refractivity contribution in [2.75, 3.05) is 13.2 Å². The molecule has 22 heavy (non-hydrogen) atoms. The van der Waals surface area contributed by atoms with Gasteiger partial charge >= 0.3 is 0 Å². The normalized spacial score (nSPS) is 13.6. The smallest absolute Gasteiger partial charge is 0.122 e. The molecule has 118 valence electrons. The molecule has 3 heteroatoms. The molecule has 0 amide bonds. The molecule has 0 saturated heterocycles. The van der Waals surface area contributed by atoms with E-state index in [1.54, 1.807) is 0 Å². The van der Waals surface area contributed by atoms with Gasteiger partial charge in [0.2, 0.25) is 0 Å². The maximum atomic E-state index is 10.0. The molecule has 2 N–H and O–H groups in total. The Morgan fingerprint density at radius 3 is 2.45 bits per heavy atom. The van der Waals surface area contributed by atoms with E-state index < -0.39 is 6.10 Å². The number of nitrogens with one attached hydrogen (secondary N) is 1. The predicted molar refractivity (Wildman–Crippen MR) is 90.3 cm³/mol. The van der Waals surface area contributed by atoms with Gasteiger partial charge in [0.05, 0.1) is 0 Å². The monoisotopic (exact) mass is 299 g/mol. The lowest BCUT2D eigenvalue weighted by atomic mass is 10.1. The Morgan fingerprint density at radius 1 is 1.05 bits per heavy atom. The second-order valence-electron chi connectivity index (χ2n) is 5.73. The van der Waals surface area contributed by atoms with Crippen LogP contribution in [-0.2, 0) is 6.42 Å². The molecule has 2 aromatic rings. The third-order valence-corrected chi connectivity index (χ3v) is 3.61. The molecule has 0 radical (unpaired) electrons. The summed E-state index contributed by atoms with van der Waals surface area (Å²) < 4.78 is 5.66. The zero-order chi connectivity index (χ0) is 15.8. The lowest BCUT2D eigenvalue weighted by Gasteiger charge is -2.18. The molecule has 2 rings (SSSR count). The van der Waals surface area contributed by atoms with Crippen LogP contribution < -0.4 is 10.1 Å². The van der Waals surface area contributed by atoms with Crippen molar-refractivity contribution in [1.82, 2.24) is 5.32 Å². The molecule has 2 aromatic carbocycles. The SMILES string of the molecule is Cc1ccccc1OC[C@@H](O)CN[C@H](C)Cc1ccccc1. The van der Waals surface area contributed by atoms with Crippen LogP contribution in [0.5, 0.6) is 5.75 Å². The molecule has 0 aliphatic carbocycles. The van der Waals surface area contributed by atoms with Crippen molar-refractivity contribution in [2.24, 2.45) is 0 Å². The van der Waals surface area contributed by atoms with E-state index in [0.717, 1.165) is 17.7 Å². The van der Waals surface area contributed by atoms with E-state index in [0.29, 0.717) is 19.2 Å². The van der Waals surface area contributed by atoms with Gasteiger partial charge < -0.3 is 15.2 Å². The Labute approximate surface area is 133 Å². The molecule has 2 atom stereocenters. The van der Waals surface area contributed by atoms with Gasteiger partial charge in [0.1, 0.15) is 18.5 Å². The Bertz CT molecular complexity index is 556. The van der Waals surface area contributed by atoms with Crippen LogP contribution >= 0.6 is 0 Å². The summed E-state index contributed by atoms with van der Waals surface area (Å²) in [5.41, 5.74) is 2.38. The number of hydrogen-bond acceptors (Lipinski definition) is 3. The molecule has 0 unspecified atom stereocenters. The van der Waals surface area contributed by atoms with Gasteiger partial charge in [-0.15, -0.1) is 0 Å². The predicted octanol–water partition coefficient (Wildman–Crippen LogP) is 2.96. The maximum absolute atomic E-state index is 10.0. The number of aliphatic hydroxyl groups is 1. The van der Waals surface area contributed by atoms with Gasteiger partial charge in [-0.05, 0) is 37.5 Å². The molecule has 0 spiro atoms. The molecule has 0 aromatic heterocycles. The first-order valence-corrected chi connectivity index (χ1v) is 7.79. The molecule has 0 aliphatic rings. The summed E-state index contributed by atoms with van der Waals surface area (Å²) in [5, 5.41) is 13.4. The van der Waals surface area contributed by atoms with Crippen LogP contribution in [0, 0.1) is 6.92 Å². The van der Waals surface area contributed by atoms with E-state index in [-0.39, 0.29) is 0 Å². The first-order valence-electron chi connectivity index (χ1n) is 7.79.